The Kier molecular flexibility index (Phi) is 9.29. The van der Waals surface area contributed by atoms with Gasteiger partial charge in [0.2, 0.25) is 5.91 Å². The van der Waals surface area contributed by atoms with Crippen LogP contribution in [0.5, 0.6) is 0 Å². The molecule has 7 nitrogen and oxygen atoms in total. The van der Waals surface area contributed by atoms with Crippen LogP contribution < -0.4 is 5.32 Å². The molecule has 2 aromatic carbocycles. The molecule has 2 aromatic rings. The maximum Gasteiger partial charge on any atom is 0.336 e. The number of esters is 1. The normalized spacial score (nSPS) is 18.4. The number of benzene rings is 2. The van der Waals surface area contributed by atoms with Gasteiger partial charge in [-0.2, -0.15) is 0 Å². The SMILES string of the molecule is CCOC(=O)C1=C(C)N(Cc2ccc(C(=O)NCCN3CCCCC3)cc2)C(=O)CC1c1ccccc1F. The molecular formula is C30H36FN3O4. The van der Waals surface area contributed by atoms with Gasteiger partial charge in [0.15, 0.2) is 0 Å². The van der Waals surface area contributed by atoms with Crippen molar-refractivity contribution in [1.29, 1.82) is 0 Å². The van der Waals surface area contributed by atoms with Gasteiger partial charge in [-0.1, -0.05) is 36.8 Å². The first-order chi connectivity index (χ1) is 18.4. The van der Waals surface area contributed by atoms with Crippen LogP contribution in [-0.2, 0) is 20.9 Å². The van der Waals surface area contributed by atoms with Gasteiger partial charge in [0.05, 0.1) is 18.7 Å². The Morgan fingerprint density at radius 1 is 1.05 bits per heavy atom. The fraction of sp³-hybridized carbons (Fsp3) is 0.433. The third kappa shape index (κ3) is 6.48. The van der Waals surface area contributed by atoms with E-state index in [0.717, 1.165) is 25.2 Å². The van der Waals surface area contributed by atoms with Crippen molar-refractivity contribution in [3.63, 3.8) is 0 Å². The topological polar surface area (TPSA) is 79.0 Å². The molecule has 1 N–H and O–H groups in total. The zero-order valence-electron chi connectivity index (χ0n) is 22.2. The Bertz CT molecular complexity index is 1190. The van der Waals surface area contributed by atoms with Crippen LogP contribution >= 0.6 is 0 Å². The lowest BCUT2D eigenvalue weighted by molar-refractivity contribution is -0.140. The summed E-state index contributed by atoms with van der Waals surface area (Å²) in [5.41, 5.74) is 2.42. The van der Waals surface area contributed by atoms with Crippen LogP contribution in [0.25, 0.3) is 0 Å². The third-order valence-corrected chi connectivity index (χ3v) is 7.32. The van der Waals surface area contributed by atoms with Crippen LogP contribution in [0.4, 0.5) is 4.39 Å². The van der Waals surface area contributed by atoms with Crippen molar-refractivity contribution in [3.05, 3.63) is 82.3 Å². The summed E-state index contributed by atoms with van der Waals surface area (Å²) >= 11 is 0. The van der Waals surface area contributed by atoms with Crippen LogP contribution in [0, 0.1) is 5.82 Å². The standard InChI is InChI=1S/C30H36FN3O4/c1-3-38-30(37)28-21(2)34(27(35)19-25(28)24-9-5-6-10-26(24)31)20-22-11-13-23(14-12-22)29(36)32-15-18-33-16-7-4-8-17-33/h5-6,9-14,25H,3-4,7-8,15-20H2,1-2H3,(H,32,36). The zero-order valence-corrected chi connectivity index (χ0v) is 22.2. The second-order valence-corrected chi connectivity index (χ2v) is 9.83. The molecule has 4 rings (SSSR count). The van der Waals surface area contributed by atoms with Gasteiger partial charge in [0.1, 0.15) is 5.82 Å². The van der Waals surface area contributed by atoms with Crippen molar-refractivity contribution in [3.8, 4) is 0 Å². The predicted octanol–water partition coefficient (Wildman–Crippen LogP) is 4.39. The molecule has 0 bridgehead atoms. The molecule has 1 saturated heterocycles. The van der Waals surface area contributed by atoms with E-state index in [0.29, 0.717) is 28.9 Å². The van der Waals surface area contributed by atoms with Crippen molar-refractivity contribution in [2.24, 2.45) is 0 Å². The van der Waals surface area contributed by atoms with Crippen LogP contribution in [0.1, 0.15) is 66.9 Å². The third-order valence-electron chi connectivity index (χ3n) is 7.32. The molecule has 2 aliphatic rings. The first-order valence-corrected chi connectivity index (χ1v) is 13.4. The number of allylic oxidation sites excluding steroid dienone is 1. The maximum atomic E-state index is 14.6. The Morgan fingerprint density at radius 3 is 2.45 bits per heavy atom. The summed E-state index contributed by atoms with van der Waals surface area (Å²) in [5, 5.41) is 2.98. The summed E-state index contributed by atoms with van der Waals surface area (Å²) < 4.78 is 19.9. The molecule has 2 heterocycles. The number of nitrogens with one attached hydrogen (secondary N) is 1. The number of carbonyl (C=O) groups excluding carboxylic acids is 3. The summed E-state index contributed by atoms with van der Waals surface area (Å²) in [6, 6.07) is 13.3. The average Bonchev–Trinajstić information content (AvgIpc) is 2.92. The van der Waals surface area contributed by atoms with Crippen molar-refractivity contribution in [2.75, 3.05) is 32.8 Å². The van der Waals surface area contributed by atoms with E-state index in [2.05, 4.69) is 10.2 Å². The number of halogens is 1. The smallest absolute Gasteiger partial charge is 0.336 e. The lowest BCUT2D eigenvalue weighted by Gasteiger charge is -2.34. The van der Waals surface area contributed by atoms with Crippen molar-refractivity contribution in [2.45, 2.75) is 52.0 Å². The van der Waals surface area contributed by atoms with Gasteiger partial charge in [-0.3, -0.25) is 9.59 Å². The molecule has 1 fully saturated rings. The Morgan fingerprint density at radius 2 is 1.76 bits per heavy atom. The quantitative estimate of drug-likeness (QED) is 0.495. The zero-order chi connectivity index (χ0) is 27.1. The van der Waals surface area contributed by atoms with E-state index in [4.69, 9.17) is 4.74 Å². The molecule has 38 heavy (non-hydrogen) atoms. The lowest BCUT2D eigenvalue weighted by atomic mass is 9.83. The van der Waals surface area contributed by atoms with Gasteiger partial charge >= 0.3 is 5.97 Å². The molecule has 0 radical (unpaired) electrons. The highest BCUT2D eigenvalue weighted by Gasteiger charge is 2.38. The number of amides is 2. The van der Waals surface area contributed by atoms with Crippen LogP contribution in [0.3, 0.4) is 0 Å². The fourth-order valence-electron chi connectivity index (χ4n) is 5.26. The largest absolute Gasteiger partial charge is 0.463 e. The van der Waals surface area contributed by atoms with Gasteiger partial charge in [-0.25, -0.2) is 9.18 Å². The summed E-state index contributed by atoms with van der Waals surface area (Å²) in [7, 11) is 0. The van der Waals surface area contributed by atoms with Gasteiger partial charge in [0.25, 0.3) is 5.91 Å². The van der Waals surface area contributed by atoms with Gasteiger partial charge < -0.3 is 19.9 Å². The number of piperidine rings is 1. The molecular weight excluding hydrogens is 485 g/mol. The number of nitrogens with zero attached hydrogens (tertiary/aromatic N) is 2. The van der Waals surface area contributed by atoms with Crippen molar-refractivity contribution in [1.82, 2.24) is 15.1 Å². The average molecular weight is 522 g/mol. The number of carbonyl (C=O) groups is 3. The number of hydrogen-bond acceptors (Lipinski definition) is 5. The van der Waals surface area contributed by atoms with Gasteiger partial charge in [-0.05, 0) is 69.1 Å². The Hall–Kier alpha value is -3.52. The van der Waals surface area contributed by atoms with E-state index in [9.17, 15) is 18.8 Å². The second-order valence-electron chi connectivity index (χ2n) is 9.83. The summed E-state index contributed by atoms with van der Waals surface area (Å²) in [4.78, 5) is 42.6. The molecule has 2 aliphatic heterocycles. The first kappa shape index (κ1) is 27.5. The van der Waals surface area contributed by atoms with Crippen LogP contribution in [0.15, 0.2) is 59.8 Å². The first-order valence-electron chi connectivity index (χ1n) is 13.4. The molecule has 0 aliphatic carbocycles. The molecule has 2 amide bonds. The maximum absolute atomic E-state index is 14.6. The highest BCUT2D eigenvalue weighted by molar-refractivity contribution is 5.96. The molecule has 0 saturated carbocycles. The predicted molar refractivity (Wildman–Crippen MR) is 143 cm³/mol. The Balaban J connectivity index is 1.46. The monoisotopic (exact) mass is 521 g/mol. The van der Waals surface area contributed by atoms with Gasteiger partial charge in [-0.15, -0.1) is 0 Å². The highest BCUT2D eigenvalue weighted by atomic mass is 19.1. The van der Waals surface area contributed by atoms with Crippen molar-refractivity contribution < 1.29 is 23.5 Å². The van der Waals surface area contributed by atoms with Crippen LogP contribution in [0.2, 0.25) is 0 Å². The molecule has 202 valence electrons. The lowest BCUT2D eigenvalue weighted by Crippen LogP contribution is -2.38. The summed E-state index contributed by atoms with van der Waals surface area (Å²) in [5.74, 6) is -2.06. The molecule has 1 atom stereocenters. The van der Waals surface area contributed by atoms with Gasteiger partial charge in [0, 0.05) is 36.7 Å². The van der Waals surface area contributed by atoms with E-state index in [1.54, 1.807) is 44.2 Å². The van der Waals surface area contributed by atoms with E-state index in [1.165, 1.54) is 30.2 Å². The molecule has 0 aromatic heterocycles. The van der Waals surface area contributed by atoms with E-state index in [1.807, 2.05) is 12.1 Å². The summed E-state index contributed by atoms with van der Waals surface area (Å²) in [6.07, 6.45) is 3.68. The molecule has 0 spiro atoms. The number of likely N-dealkylation sites (tertiary alicyclic amines) is 1. The number of hydrogen-bond donors (Lipinski definition) is 1. The molecule has 1 unspecified atom stereocenters. The minimum atomic E-state index is -0.713. The van der Waals surface area contributed by atoms with E-state index in [-0.39, 0.29) is 31.4 Å². The Labute approximate surface area is 223 Å². The minimum absolute atomic E-state index is 0.0378. The minimum Gasteiger partial charge on any atom is -0.463 e. The van der Waals surface area contributed by atoms with E-state index < -0.39 is 17.7 Å². The fourth-order valence-corrected chi connectivity index (χ4v) is 5.26. The van der Waals surface area contributed by atoms with Crippen LogP contribution in [-0.4, -0.2) is 60.4 Å². The highest BCUT2D eigenvalue weighted by Crippen LogP contribution is 2.38. The van der Waals surface area contributed by atoms with E-state index >= 15 is 0 Å². The second kappa shape index (κ2) is 12.8. The molecule has 8 heteroatoms. The van der Waals surface area contributed by atoms with Crippen molar-refractivity contribution >= 4 is 17.8 Å². The summed E-state index contributed by atoms with van der Waals surface area (Å²) in [6.45, 7) is 7.45. The number of ether oxygens (including phenoxy) is 1. The number of rotatable bonds is 9.